The molecule has 1 aromatic rings. The smallest absolute Gasteiger partial charge is 0.321 e. The first kappa shape index (κ1) is 10.6. The van der Waals surface area contributed by atoms with Gasteiger partial charge in [0.25, 0.3) is 0 Å². The first-order valence-corrected chi connectivity index (χ1v) is 4.88. The largest absolute Gasteiger partial charge is 0.334 e. The minimum absolute atomic E-state index is 0.0336. The van der Waals surface area contributed by atoms with E-state index in [0.29, 0.717) is 6.54 Å². The van der Waals surface area contributed by atoms with Gasteiger partial charge in [0.2, 0.25) is 0 Å². The molecule has 2 rings (SSSR count). The van der Waals surface area contributed by atoms with Crippen molar-refractivity contribution in [3.8, 4) is 0 Å². The highest BCUT2D eigenvalue weighted by Gasteiger charge is 2.18. The fraction of sp³-hybridized carbons (Fsp3) is 0.364. The summed E-state index contributed by atoms with van der Waals surface area (Å²) in [6.07, 6.45) is 0. The van der Waals surface area contributed by atoms with Crippen molar-refractivity contribution in [3.05, 3.63) is 29.8 Å². The first-order valence-electron chi connectivity index (χ1n) is 4.88. The number of para-hydroxylation sites is 1. The summed E-state index contributed by atoms with van der Waals surface area (Å²) in [5.74, 6) is 0. The number of carbonyl (C=O) groups excluding carboxylic acids is 1. The summed E-state index contributed by atoms with van der Waals surface area (Å²) in [5, 5.41) is 2.77. The van der Waals surface area contributed by atoms with Crippen molar-refractivity contribution in [2.24, 2.45) is 0 Å². The molecule has 0 spiro atoms. The second-order valence-corrected chi connectivity index (χ2v) is 2.85. The fourth-order valence-corrected chi connectivity index (χ4v) is 1.39. The van der Waals surface area contributed by atoms with Gasteiger partial charge in [-0.15, -0.1) is 0 Å². The number of fused-ring (bicyclic) bond motifs is 1. The molecule has 1 aliphatic rings. The van der Waals surface area contributed by atoms with Crippen LogP contribution < -0.4 is 10.2 Å². The lowest BCUT2D eigenvalue weighted by Gasteiger charge is -2.26. The van der Waals surface area contributed by atoms with Crippen molar-refractivity contribution in [2.75, 3.05) is 11.9 Å². The Balaban J connectivity index is 0.000000461. The summed E-state index contributed by atoms with van der Waals surface area (Å²) in [4.78, 5) is 12.8. The molecule has 1 N–H and O–H groups in total. The maximum absolute atomic E-state index is 11.2. The van der Waals surface area contributed by atoms with Crippen LogP contribution in [-0.4, -0.2) is 13.1 Å². The van der Waals surface area contributed by atoms with Crippen LogP contribution in [-0.2, 0) is 6.54 Å². The number of anilines is 1. The molecule has 14 heavy (non-hydrogen) atoms. The number of hydrogen-bond donors (Lipinski definition) is 1. The summed E-state index contributed by atoms with van der Waals surface area (Å²) in [5.41, 5.74) is 2.17. The summed E-state index contributed by atoms with van der Waals surface area (Å²) in [7, 11) is 1.77. The molecule has 1 aliphatic heterocycles. The monoisotopic (exact) mass is 192 g/mol. The topological polar surface area (TPSA) is 32.3 Å². The third kappa shape index (κ3) is 1.87. The second-order valence-electron chi connectivity index (χ2n) is 2.85. The summed E-state index contributed by atoms with van der Waals surface area (Å²) >= 11 is 0. The first-order chi connectivity index (χ1) is 6.79. The van der Waals surface area contributed by atoms with Crippen LogP contribution in [0.1, 0.15) is 19.4 Å². The van der Waals surface area contributed by atoms with E-state index in [1.165, 1.54) is 5.56 Å². The van der Waals surface area contributed by atoms with Gasteiger partial charge in [0, 0.05) is 13.6 Å². The van der Waals surface area contributed by atoms with E-state index < -0.39 is 0 Å². The van der Waals surface area contributed by atoms with Gasteiger partial charge in [-0.3, -0.25) is 4.90 Å². The van der Waals surface area contributed by atoms with Gasteiger partial charge in [-0.05, 0) is 11.6 Å². The number of rotatable bonds is 0. The third-order valence-corrected chi connectivity index (χ3v) is 2.09. The van der Waals surface area contributed by atoms with Crippen molar-refractivity contribution in [1.82, 2.24) is 5.32 Å². The van der Waals surface area contributed by atoms with Crippen LogP contribution in [0.2, 0.25) is 0 Å². The van der Waals surface area contributed by atoms with Crippen molar-refractivity contribution in [2.45, 2.75) is 20.4 Å². The van der Waals surface area contributed by atoms with E-state index in [4.69, 9.17) is 0 Å². The summed E-state index contributed by atoms with van der Waals surface area (Å²) in [6.45, 7) is 4.64. The van der Waals surface area contributed by atoms with Crippen LogP contribution in [0.4, 0.5) is 10.5 Å². The number of carbonyl (C=O) groups is 1. The highest BCUT2D eigenvalue weighted by molar-refractivity contribution is 5.94. The molecular formula is C11H16N2O. The standard InChI is InChI=1S/C9H10N2O.C2H6/c1-11-8-5-3-2-4-7(8)6-10-9(11)12;1-2/h2-5H,6H2,1H3,(H,10,12);1-2H3. The van der Waals surface area contributed by atoms with Gasteiger partial charge >= 0.3 is 6.03 Å². The Morgan fingerprint density at radius 2 is 1.93 bits per heavy atom. The number of nitrogens with one attached hydrogen (secondary N) is 1. The molecule has 1 heterocycles. The zero-order chi connectivity index (χ0) is 10.6. The van der Waals surface area contributed by atoms with Crippen LogP contribution >= 0.6 is 0 Å². The minimum atomic E-state index is -0.0336. The number of urea groups is 1. The number of nitrogens with zero attached hydrogens (tertiary/aromatic N) is 1. The average Bonchev–Trinajstić information content (AvgIpc) is 2.27. The molecule has 3 nitrogen and oxygen atoms in total. The Bertz CT molecular complexity index is 323. The van der Waals surface area contributed by atoms with Crippen LogP contribution in [0.25, 0.3) is 0 Å². The molecule has 0 unspecified atom stereocenters. The molecule has 3 heteroatoms. The third-order valence-electron chi connectivity index (χ3n) is 2.09. The van der Waals surface area contributed by atoms with Crippen LogP contribution in [0, 0.1) is 0 Å². The van der Waals surface area contributed by atoms with E-state index in [1.807, 2.05) is 38.1 Å². The molecule has 76 valence electrons. The molecular weight excluding hydrogens is 176 g/mol. The molecule has 0 bridgehead atoms. The van der Waals surface area contributed by atoms with Crippen molar-refractivity contribution >= 4 is 11.7 Å². The predicted octanol–water partition coefficient (Wildman–Crippen LogP) is 2.37. The van der Waals surface area contributed by atoms with E-state index in [1.54, 1.807) is 11.9 Å². The van der Waals surface area contributed by atoms with Gasteiger partial charge < -0.3 is 5.32 Å². The van der Waals surface area contributed by atoms with E-state index in [-0.39, 0.29) is 6.03 Å². The van der Waals surface area contributed by atoms with E-state index in [9.17, 15) is 4.79 Å². The van der Waals surface area contributed by atoms with Gasteiger partial charge in [-0.25, -0.2) is 4.79 Å². The van der Waals surface area contributed by atoms with Crippen molar-refractivity contribution in [1.29, 1.82) is 0 Å². The zero-order valence-electron chi connectivity index (χ0n) is 8.87. The second kappa shape index (κ2) is 4.65. The van der Waals surface area contributed by atoms with Crippen molar-refractivity contribution < 1.29 is 4.79 Å². The Labute approximate surface area is 84.7 Å². The van der Waals surface area contributed by atoms with Crippen LogP contribution in [0.5, 0.6) is 0 Å². The van der Waals surface area contributed by atoms with E-state index >= 15 is 0 Å². The lowest BCUT2D eigenvalue weighted by atomic mass is 10.1. The summed E-state index contributed by atoms with van der Waals surface area (Å²) < 4.78 is 0. The number of amides is 2. The van der Waals surface area contributed by atoms with Gasteiger partial charge in [0.15, 0.2) is 0 Å². The molecule has 0 radical (unpaired) electrons. The van der Waals surface area contributed by atoms with E-state index in [0.717, 1.165) is 5.69 Å². The number of benzene rings is 1. The van der Waals surface area contributed by atoms with Crippen LogP contribution in [0.3, 0.4) is 0 Å². The van der Waals surface area contributed by atoms with Gasteiger partial charge in [0.1, 0.15) is 0 Å². The normalized spacial score (nSPS) is 13.6. The SMILES string of the molecule is CC.CN1C(=O)NCc2ccccc21. The highest BCUT2D eigenvalue weighted by Crippen LogP contribution is 2.21. The molecule has 0 saturated carbocycles. The van der Waals surface area contributed by atoms with Gasteiger partial charge in [0.05, 0.1) is 5.69 Å². The maximum atomic E-state index is 11.2. The quantitative estimate of drug-likeness (QED) is 0.672. The molecule has 1 aromatic carbocycles. The maximum Gasteiger partial charge on any atom is 0.321 e. The molecule has 0 saturated heterocycles. The van der Waals surface area contributed by atoms with Crippen LogP contribution in [0.15, 0.2) is 24.3 Å². The summed E-state index contributed by atoms with van der Waals surface area (Å²) in [6, 6.07) is 7.85. The average molecular weight is 192 g/mol. The Kier molecular flexibility index (Phi) is 3.51. The minimum Gasteiger partial charge on any atom is -0.334 e. The highest BCUT2D eigenvalue weighted by atomic mass is 16.2. The predicted molar refractivity (Wildman–Crippen MR) is 58.4 cm³/mol. The fourth-order valence-electron chi connectivity index (χ4n) is 1.39. The van der Waals surface area contributed by atoms with E-state index in [2.05, 4.69) is 5.32 Å². The lowest BCUT2D eigenvalue weighted by Crippen LogP contribution is -2.41. The van der Waals surface area contributed by atoms with Crippen molar-refractivity contribution in [3.63, 3.8) is 0 Å². The Hall–Kier alpha value is -1.51. The zero-order valence-corrected chi connectivity index (χ0v) is 8.87. The molecule has 0 aliphatic carbocycles. The molecule has 0 atom stereocenters. The number of hydrogen-bond acceptors (Lipinski definition) is 1. The molecule has 0 aromatic heterocycles. The van der Waals surface area contributed by atoms with Gasteiger partial charge in [-0.2, -0.15) is 0 Å². The van der Waals surface area contributed by atoms with Gasteiger partial charge in [-0.1, -0.05) is 32.0 Å². The molecule has 0 fully saturated rings. The Morgan fingerprint density at radius 1 is 1.29 bits per heavy atom. The Morgan fingerprint density at radius 3 is 2.64 bits per heavy atom. The lowest BCUT2D eigenvalue weighted by molar-refractivity contribution is 0.246. The molecule has 2 amide bonds.